The van der Waals surface area contributed by atoms with E-state index in [1.54, 1.807) is 6.08 Å². The predicted molar refractivity (Wildman–Crippen MR) is 118 cm³/mol. The number of nitrogens with two attached hydrogens (primary N) is 1. The van der Waals surface area contributed by atoms with Gasteiger partial charge in [0.05, 0.1) is 27.0 Å². The lowest BCUT2D eigenvalue weighted by atomic mass is 9.89. The van der Waals surface area contributed by atoms with E-state index in [1.165, 1.54) is 11.3 Å². The van der Waals surface area contributed by atoms with Gasteiger partial charge in [-0.1, -0.05) is 47.5 Å². The molecule has 1 aliphatic rings. The molecule has 1 aliphatic carbocycles. The lowest BCUT2D eigenvalue weighted by Gasteiger charge is -2.19. The molecule has 1 saturated carbocycles. The fourth-order valence-electron chi connectivity index (χ4n) is 3.67. The smallest absolute Gasteiger partial charge is 0.217 e. The number of amides is 1. The van der Waals surface area contributed by atoms with Gasteiger partial charge in [0.2, 0.25) is 5.91 Å². The number of aliphatic hydroxyl groups excluding tert-OH is 3. The second-order valence-electron chi connectivity index (χ2n) is 7.52. The van der Waals surface area contributed by atoms with Gasteiger partial charge in [-0.05, 0) is 49.7 Å². The largest absolute Gasteiger partial charge is 0.393 e. The molecule has 1 amide bonds. The molecular weight excluding hydrogens is 433 g/mol. The second kappa shape index (κ2) is 12.1. The molecule has 2 rings (SSSR count). The molecular formula is C21H29Cl2NO4S. The Hall–Kier alpha value is -0.890. The number of aryl methyl sites for hydroxylation is 1. The van der Waals surface area contributed by atoms with E-state index < -0.39 is 18.3 Å². The monoisotopic (exact) mass is 461 g/mol. The molecule has 0 radical (unpaired) electrons. The van der Waals surface area contributed by atoms with Crippen molar-refractivity contribution in [3.63, 3.8) is 0 Å². The van der Waals surface area contributed by atoms with Crippen LogP contribution < -0.4 is 5.73 Å². The molecule has 5 N–H and O–H groups in total. The summed E-state index contributed by atoms with van der Waals surface area (Å²) in [6.45, 7) is 0. The van der Waals surface area contributed by atoms with Crippen LogP contribution in [0.15, 0.2) is 30.4 Å². The number of primary amides is 1. The Labute approximate surface area is 185 Å². The zero-order chi connectivity index (χ0) is 21.4. The van der Waals surface area contributed by atoms with E-state index in [4.69, 9.17) is 28.9 Å². The van der Waals surface area contributed by atoms with E-state index in [2.05, 4.69) is 0 Å². The van der Waals surface area contributed by atoms with Crippen molar-refractivity contribution in [2.45, 2.75) is 63.3 Å². The van der Waals surface area contributed by atoms with Gasteiger partial charge in [-0.2, -0.15) is 0 Å². The number of thiophene rings is 1. The fourth-order valence-corrected chi connectivity index (χ4v) is 5.22. The Morgan fingerprint density at radius 2 is 2.07 bits per heavy atom. The highest BCUT2D eigenvalue weighted by Gasteiger charge is 2.39. The summed E-state index contributed by atoms with van der Waals surface area (Å²) in [5.41, 5.74) is 6.04. The first-order chi connectivity index (χ1) is 13.8. The number of allylic oxidation sites excluding steroid dienone is 2. The van der Waals surface area contributed by atoms with Gasteiger partial charge in [-0.3, -0.25) is 4.79 Å². The summed E-state index contributed by atoms with van der Waals surface area (Å²) in [5, 5.41) is 30.8. The van der Waals surface area contributed by atoms with Crippen LogP contribution in [0, 0.1) is 11.8 Å². The minimum atomic E-state index is -0.667. The number of hydrogen-bond acceptors (Lipinski definition) is 5. The minimum absolute atomic E-state index is 0.106. The predicted octanol–water partition coefficient (Wildman–Crippen LogP) is 3.86. The van der Waals surface area contributed by atoms with Crippen molar-refractivity contribution in [2.24, 2.45) is 17.6 Å². The summed E-state index contributed by atoms with van der Waals surface area (Å²) >= 11 is 13.4. The zero-order valence-electron chi connectivity index (χ0n) is 16.2. The third kappa shape index (κ3) is 8.04. The highest BCUT2D eigenvalue weighted by Crippen LogP contribution is 2.36. The number of carbonyl (C=O) groups is 1. The van der Waals surface area contributed by atoms with Crippen LogP contribution in [0.1, 0.15) is 44.1 Å². The molecule has 0 aromatic carbocycles. The van der Waals surface area contributed by atoms with Crippen molar-refractivity contribution in [1.82, 2.24) is 0 Å². The third-order valence-corrected chi connectivity index (χ3v) is 6.85. The molecule has 0 unspecified atom stereocenters. The van der Waals surface area contributed by atoms with E-state index in [9.17, 15) is 20.1 Å². The minimum Gasteiger partial charge on any atom is -0.393 e. The van der Waals surface area contributed by atoms with Crippen LogP contribution in [-0.4, -0.2) is 39.5 Å². The van der Waals surface area contributed by atoms with Gasteiger partial charge in [0, 0.05) is 18.8 Å². The third-order valence-electron chi connectivity index (χ3n) is 5.28. The van der Waals surface area contributed by atoms with Gasteiger partial charge in [0.15, 0.2) is 0 Å². The Morgan fingerprint density at radius 3 is 2.72 bits per heavy atom. The lowest BCUT2D eigenvalue weighted by Crippen LogP contribution is -2.20. The van der Waals surface area contributed by atoms with Gasteiger partial charge in [-0.15, -0.1) is 11.3 Å². The van der Waals surface area contributed by atoms with Crippen LogP contribution in [0.25, 0.3) is 0 Å². The van der Waals surface area contributed by atoms with Gasteiger partial charge in [0.1, 0.15) is 0 Å². The molecule has 0 saturated heterocycles. The molecule has 29 heavy (non-hydrogen) atoms. The number of rotatable bonds is 11. The first-order valence-corrected chi connectivity index (χ1v) is 11.4. The van der Waals surface area contributed by atoms with Crippen molar-refractivity contribution >= 4 is 40.4 Å². The SMILES string of the molecule is NC(=O)CCCC=CC[C@@H]1[C@@H](C=C[C@@H](O)CCc2cc(Cl)sc2Cl)[C@H](O)C[C@@H]1O. The Morgan fingerprint density at radius 1 is 1.31 bits per heavy atom. The normalized spacial score (nSPS) is 26.0. The van der Waals surface area contributed by atoms with Crippen LogP contribution in [0.2, 0.25) is 8.67 Å². The maximum atomic E-state index is 10.7. The van der Waals surface area contributed by atoms with E-state index >= 15 is 0 Å². The van der Waals surface area contributed by atoms with E-state index in [-0.39, 0.29) is 17.7 Å². The zero-order valence-corrected chi connectivity index (χ0v) is 18.5. The molecule has 0 aliphatic heterocycles. The van der Waals surface area contributed by atoms with Crippen molar-refractivity contribution in [2.75, 3.05) is 0 Å². The maximum Gasteiger partial charge on any atom is 0.217 e. The summed E-state index contributed by atoms with van der Waals surface area (Å²) in [4.78, 5) is 10.7. The summed E-state index contributed by atoms with van der Waals surface area (Å²) < 4.78 is 1.27. The highest BCUT2D eigenvalue weighted by atomic mass is 35.5. The van der Waals surface area contributed by atoms with Crippen LogP contribution in [-0.2, 0) is 11.2 Å². The van der Waals surface area contributed by atoms with Crippen LogP contribution in [0.4, 0.5) is 0 Å². The molecule has 0 spiro atoms. The topological polar surface area (TPSA) is 104 Å². The van der Waals surface area contributed by atoms with Crippen molar-refractivity contribution in [3.05, 3.63) is 44.6 Å². The Balaban J connectivity index is 1.84. The molecule has 1 fully saturated rings. The number of halogens is 2. The number of aliphatic hydroxyl groups is 3. The van der Waals surface area contributed by atoms with Gasteiger partial charge >= 0.3 is 0 Å². The van der Waals surface area contributed by atoms with Crippen LogP contribution >= 0.6 is 34.5 Å². The van der Waals surface area contributed by atoms with Crippen molar-refractivity contribution in [1.29, 1.82) is 0 Å². The number of hydrogen-bond donors (Lipinski definition) is 4. The number of unbranched alkanes of at least 4 members (excludes halogenated alkanes) is 1. The molecule has 1 aromatic rings. The van der Waals surface area contributed by atoms with Gasteiger partial charge < -0.3 is 21.1 Å². The maximum absolute atomic E-state index is 10.7. The van der Waals surface area contributed by atoms with Gasteiger partial charge in [-0.25, -0.2) is 0 Å². The van der Waals surface area contributed by atoms with E-state index in [1.807, 2.05) is 24.3 Å². The molecule has 1 heterocycles. The summed E-state index contributed by atoms with van der Waals surface area (Å²) in [5.74, 6) is -0.624. The molecule has 5 nitrogen and oxygen atoms in total. The van der Waals surface area contributed by atoms with E-state index in [0.717, 1.165) is 12.0 Å². The quantitative estimate of drug-likeness (QED) is 0.296. The lowest BCUT2D eigenvalue weighted by molar-refractivity contribution is -0.118. The van der Waals surface area contributed by atoms with Crippen LogP contribution in [0.3, 0.4) is 0 Å². The average Bonchev–Trinajstić information content (AvgIpc) is 3.11. The number of carbonyl (C=O) groups excluding carboxylic acids is 1. The summed E-state index contributed by atoms with van der Waals surface area (Å²) in [6, 6.07) is 1.81. The highest BCUT2D eigenvalue weighted by molar-refractivity contribution is 7.20. The van der Waals surface area contributed by atoms with Crippen molar-refractivity contribution in [3.8, 4) is 0 Å². The molecule has 8 heteroatoms. The summed E-state index contributed by atoms with van der Waals surface area (Å²) in [7, 11) is 0. The van der Waals surface area contributed by atoms with E-state index in [0.29, 0.717) is 47.2 Å². The molecule has 0 bridgehead atoms. The second-order valence-corrected chi connectivity index (χ2v) is 9.80. The first-order valence-electron chi connectivity index (χ1n) is 9.87. The first kappa shape index (κ1) is 24.4. The Bertz CT molecular complexity index is 722. The van der Waals surface area contributed by atoms with Crippen LogP contribution in [0.5, 0.6) is 0 Å². The molecule has 1 aromatic heterocycles. The average molecular weight is 462 g/mol. The standard InChI is InChI=1S/C21H29Cl2NO4S/c22-19-11-13(21(23)29-19)7-8-14(25)9-10-16-15(17(26)12-18(16)27)5-3-1-2-4-6-20(24)28/h1,3,9-11,14-18,25-27H,2,4-8,12H2,(H2,24,28)/t14-,15+,16+,17-,18+/m0/s1. The Kier molecular flexibility index (Phi) is 10.2. The summed E-state index contributed by atoms with van der Waals surface area (Å²) in [6.07, 6.45) is 9.47. The molecule has 5 atom stereocenters. The fraction of sp³-hybridized carbons (Fsp3) is 0.571. The molecule has 162 valence electrons. The van der Waals surface area contributed by atoms with Crippen molar-refractivity contribution < 1.29 is 20.1 Å². The van der Waals surface area contributed by atoms with Gasteiger partial charge in [0.25, 0.3) is 0 Å².